The Bertz CT molecular complexity index is 1460. The number of ether oxygens (including phenoxy) is 2. The molecule has 1 saturated heterocycles. The molecule has 0 unspecified atom stereocenters. The van der Waals surface area contributed by atoms with Gasteiger partial charge in [-0.3, -0.25) is 4.79 Å². The van der Waals surface area contributed by atoms with Crippen molar-refractivity contribution < 1.29 is 18.7 Å². The smallest absolute Gasteiger partial charge is 0.274 e. The zero-order valence-corrected chi connectivity index (χ0v) is 22.1. The first-order valence-corrected chi connectivity index (χ1v) is 13.2. The van der Waals surface area contributed by atoms with E-state index >= 15 is 0 Å². The summed E-state index contributed by atoms with van der Waals surface area (Å²) in [4.78, 5) is 29.1. The predicted octanol–water partition coefficient (Wildman–Crippen LogP) is 4.27. The van der Waals surface area contributed by atoms with Crippen LogP contribution in [-0.2, 0) is 11.2 Å². The van der Waals surface area contributed by atoms with Crippen molar-refractivity contribution >= 4 is 38.8 Å². The van der Waals surface area contributed by atoms with Crippen LogP contribution in [0.1, 0.15) is 28.3 Å². The van der Waals surface area contributed by atoms with Crippen LogP contribution in [0.3, 0.4) is 0 Å². The van der Waals surface area contributed by atoms with E-state index < -0.39 is 11.7 Å². The first-order valence-electron chi connectivity index (χ1n) is 12.4. The summed E-state index contributed by atoms with van der Waals surface area (Å²) < 4.78 is 26.2. The van der Waals surface area contributed by atoms with Crippen molar-refractivity contribution in [2.24, 2.45) is 5.73 Å². The summed E-state index contributed by atoms with van der Waals surface area (Å²) >= 11 is 1.62. The van der Waals surface area contributed by atoms with Crippen LogP contribution in [0.4, 0.5) is 15.8 Å². The zero-order chi connectivity index (χ0) is 26.6. The zero-order valence-electron chi connectivity index (χ0n) is 21.2. The average molecular weight is 537 g/mol. The molecule has 2 aromatic carbocycles. The van der Waals surface area contributed by atoms with Crippen LogP contribution in [0.2, 0.25) is 0 Å². The quantitative estimate of drug-likeness (QED) is 0.326. The summed E-state index contributed by atoms with van der Waals surface area (Å²) in [7, 11) is 3.11. The van der Waals surface area contributed by atoms with Gasteiger partial charge in [-0.05, 0) is 43.2 Å². The molecule has 198 valence electrons. The fourth-order valence-corrected chi connectivity index (χ4v) is 5.72. The van der Waals surface area contributed by atoms with Gasteiger partial charge in [0.05, 0.1) is 40.4 Å². The second-order valence-electron chi connectivity index (χ2n) is 8.92. The van der Waals surface area contributed by atoms with Crippen molar-refractivity contribution in [2.75, 3.05) is 44.1 Å². The molecule has 2 aromatic heterocycles. The molecule has 38 heavy (non-hydrogen) atoms. The summed E-state index contributed by atoms with van der Waals surface area (Å²) in [5.74, 6) is -0.634. The predicted molar refractivity (Wildman–Crippen MR) is 147 cm³/mol. The monoisotopic (exact) mass is 536 g/mol. The highest BCUT2D eigenvalue weighted by atomic mass is 32.1. The van der Waals surface area contributed by atoms with Crippen LogP contribution >= 0.6 is 11.3 Å². The van der Waals surface area contributed by atoms with Gasteiger partial charge in [-0.25, -0.2) is 19.3 Å². The van der Waals surface area contributed by atoms with E-state index in [0.29, 0.717) is 25.3 Å². The Kier molecular flexibility index (Phi) is 7.77. The Hall–Kier alpha value is -3.67. The lowest BCUT2D eigenvalue weighted by Crippen LogP contribution is -2.36. The molecule has 1 aliphatic rings. The number of fused-ring (bicyclic) bond motifs is 1. The number of carbonyl (C=O) groups excluding carboxylic acids is 1. The van der Waals surface area contributed by atoms with Gasteiger partial charge in [-0.15, -0.1) is 11.3 Å². The maximum Gasteiger partial charge on any atom is 0.274 e. The van der Waals surface area contributed by atoms with Gasteiger partial charge in [0.1, 0.15) is 22.8 Å². The van der Waals surface area contributed by atoms with E-state index in [2.05, 4.69) is 20.2 Å². The number of benzene rings is 2. The molecular formula is C27H29FN6O3S. The number of hydrogen-bond acceptors (Lipinski definition) is 9. The number of carbonyl (C=O) groups is 1. The number of hydrogen-bond donors (Lipinski definition) is 2. The van der Waals surface area contributed by atoms with Crippen molar-refractivity contribution in [2.45, 2.75) is 25.3 Å². The third-order valence-corrected chi connectivity index (χ3v) is 7.67. The van der Waals surface area contributed by atoms with E-state index in [1.807, 2.05) is 12.1 Å². The fraction of sp³-hybridized carbons (Fsp3) is 0.333. The number of rotatable bonds is 9. The van der Waals surface area contributed by atoms with Crippen molar-refractivity contribution in [1.29, 1.82) is 0 Å². The van der Waals surface area contributed by atoms with Crippen LogP contribution in [0.5, 0.6) is 5.75 Å². The number of nitrogens with two attached hydrogens (primary N) is 1. The lowest BCUT2D eigenvalue weighted by Gasteiger charge is -2.28. The molecule has 9 nitrogen and oxygen atoms in total. The van der Waals surface area contributed by atoms with Crippen molar-refractivity contribution in [3.05, 3.63) is 59.1 Å². The molecule has 5 rings (SSSR count). The first-order chi connectivity index (χ1) is 18.5. The number of amides is 1. The molecule has 3 N–H and O–H groups in total. The molecule has 0 radical (unpaired) electrons. The summed E-state index contributed by atoms with van der Waals surface area (Å²) in [6, 6.07) is 9.96. The minimum absolute atomic E-state index is 0.0632. The lowest BCUT2D eigenvalue weighted by molar-refractivity contribution is 0.102. The van der Waals surface area contributed by atoms with Crippen molar-refractivity contribution in [1.82, 2.24) is 15.0 Å². The molecule has 0 aliphatic carbocycles. The molecule has 0 bridgehead atoms. The van der Waals surface area contributed by atoms with Gasteiger partial charge in [0.2, 0.25) is 0 Å². The van der Waals surface area contributed by atoms with Gasteiger partial charge < -0.3 is 25.4 Å². The van der Waals surface area contributed by atoms with E-state index in [1.54, 1.807) is 24.5 Å². The topological polar surface area (TPSA) is 115 Å². The van der Waals surface area contributed by atoms with Crippen LogP contribution in [0.15, 0.2) is 42.6 Å². The molecule has 4 aromatic rings. The highest BCUT2D eigenvalue weighted by molar-refractivity contribution is 7.18. The largest absolute Gasteiger partial charge is 0.496 e. The van der Waals surface area contributed by atoms with Crippen LogP contribution in [0, 0.1) is 5.82 Å². The molecule has 0 spiro atoms. The highest BCUT2D eigenvalue weighted by Crippen LogP contribution is 2.40. The Morgan fingerprint density at radius 1 is 1.24 bits per heavy atom. The number of anilines is 2. The summed E-state index contributed by atoms with van der Waals surface area (Å²) in [5.41, 5.74) is 8.61. The second-order valence-corrected chi connectivity index (χ2v) is 10.0. The maximum atomic E-state index is 14.6. The highest BCUT2D eigenvalue weighted by Gasteiger charge is 2.29. The van der Waals surface area contributed by atoms with E-state index in [9.17, 15) is 9.18 Å². The number of thiazole rings is 1. The van der Waals surface area contributed by atoms with E-state index in [-0.39, 0.29) is 28.9 Å². The van der Waals surface area contributed by atoms with Crippen LogP contribution in [0.25, 0.3) is 21.6 Å². The van der Waals surface area contributed by atoms with Gasteiger partial charge in [-0.2, -0.15) is 0 Å². The van der Waals surface area contributed by atoms with Crippen molar-refractivity contribution in [3.63, 3.8) is 0 Å². The van der Waals surface area contributed by atoms with Gasteiger partial charge >= 0.3 is 0 Å². The van der Waals surface area contributed by atoms with Crippen LogP contribution in [-0.4, -0.2) is 60.8 Å². The summed E-state index contributed by atoms with van der Waals surface area (Å²) in [6.07, 6.45) is 4.12. The molecule has 3 heterocycles. The van der Waals surface area contributed by atoms with Crippen molar-refractivity contribution in [3.8, 4) is 17.1 Å². The van der Waals surface area contributed by atoms with E-state index in [0.717, 1.165) is 40.3 Å². The van der Waals surface area contributed by atoms with Crippen LogP contribution < -0.4 is 20.7 Å². The minimum Gasteiger partial charge on any atom is -0.496 e. The molecule has 0 saturated carbocycles. The second kappa shape index (κ2) is 11.4. The Morgan fingerprint density at radius 3 is 2.89 bits per heavy atom. The Labute approximate surface area is 223 Å². The Balaban J connectivity index is 1.52. The van der Waals surface area contributed by atoms with E-state index in [4.69, 9.17) is 20.2 Å². The number of halogens is 1. The molecular weight excluding hydrogens is 507 g/mol. The number of nitrogens with zero attached hydrogens (tertiary/aromatic N) is 4. The number of aromatic nitrogens is 3. The molecule has 1 amide bonds. The van der Waals surface area contributed by atoms with Gasteiger partial charge in [0, 0.05) is 38.9 Å². The van der Waals surface area contributed by atoms with E-state index in [1.165, 1.54) is 31.5 Å². The van der Waals surface area contributed by atoms with Gasteiger partial charge in [-0.1, -0.05) is 6.07 Å². The molecule has 1 aliphatic heterocycles. The first kappa shape index (κ1) is 26.0. The fourth-order valence-electron chi connectivity index (χ4n) is 4.77. The SMILES string of the molecule is COCCc1nc2c(N3CCC[C@H]3CN)c(NC(=O)c3ccnc(-c4c(F)cccc4OC)n3)ccc2s1. The molecule has 1 atom stereocenters. The van der Waals surface area contributed by atoms with Gasteiger partial charge in [0.15, 0.2) is 5.82 Å². The standard InChI is InChI=1S/C27H29FN6O3S/c1-36-14-11-22-33-24-21(38-22)9-8-18(25(24)34-13-4-5-16(34)15-29)32-27(35)19-10-12-30-26(31-19)23-17(28)6-3-7-20(23)37-2/h3,6-10,12,16H,4-5,11,13-15,29H2,1-2H3,(H,32,35)/t16-/m0/s1. The number of nitrogens with one attached hydrogen (secondary N) is 1. The maximum absolute atomic E-state index is 14.6. The van der Waals surface area contributed by atoms with Gasteiger partial charge in [0.25, 0.3) is 5.91 Å². The summed E-state index contributed by atoms with van der Waals surface area (Å²) in [6.45, 7) is 1.90. The average Bonchev–Trinajstić information content (AvgIpc) is 3.58. The molecule has 11 heteroatoms. The lowest BCUT2D eigenvalue weighted by atomic mass is 10.1. The minimum atomic E-state index is -0.538. The molecule has 1 fully saturated rings. The number of methoxy groups -OCH3 is 2. The normalized spacial score (nSPS) is 15.3. The third kappa shape index (κ3) is 5.04. The third-order valence-electron chi connectivity index (χ3n) is 6.59. The Morgan fingerprint density at radius 2 is 2.11 bits per heavy atom. The summed E-state index contributed by atoms with van der Waals surface area (Å²) in [5, 5.41) is 3.99.